The van der Waals surface area contributed by atoms with Crippen LogP contribution in [-0.4, -0.2) is 66.5 Å². The van der Waals surface area contributed by atoms with E-state index in [1.54, 1.807) is 0 Å². The van der Waals surface area contributed by atoms with Crippen molar-refractivity contribution in [3.8, 4) is 0 Å². The Morgan fingerprint density at radius 1 is 0.368 bits per heavy atom. The number of hydrogen-bond acceptors (Lipinski definition) is 10. The molecule has 0 heterocycles. The van der Waals surface area contributed by atoms with Crippen LogP contribution in [0.5, 0.6) is 0 Å². The maximum Gasteiger partial charge on any atom is 0.472 e. The van der Waals surface area contributed by atoms with Gasteiger partial charge >= 0.3 is 25.7 Å². The molecule has 0 aliphatic rings. The predicted octanol–water partition coefficient (Wildman–Crippen LogP) is 18.5. The lowest BCUT2D eigenvalue weighted by atomic mass is 10.1. The summed E-state index contributed by atoms with van der Waals surface area (Å²) in [4.78, 5) is 48.6. The van der Waals surface area contributed by atoms with Crippen molar-refractivity contribution in [3.05, 3.63) is 72.9 Å². The van der Waals surface area contributed by atoms with Crippen LogP contribution in [0.2, 0.25) is 0 Å². The van der Waals surface area contributed by atoms with Gasteiger partial charge < -0.3 is 24.2 Å². The lowest BCUT2D eigenvalue weighted by molar-refractivity contribution is -0.161. The van der Waals surface area contributed by atoms with Gasteiger partial charge in [-0.3, -0.25) is 23.4 Å². The summed E-state index contributed by atoms with van der Waals surface area (Å²) in [6, 6.07) is 0. The first-order chi connectivity index (χ1) is 37.2. The van der Waals surface area contributed by atoms with Gasteiger partial charge in [-0.25, -0.2) is 4.57 Å². The lowest BCUT2D eigenvalue weighted by Crippen LogP contribution is -2.30. The summed E-state index contributed by atoms with van der Waals surface area (Å²) in [7, 11) is -4.76. The van der Waals surface area contributed by atoms with Crippen molar-refractivity contribution in [2.45, 2.75) is 290 Å². The van der Waals surface area contributed by atoms with E-state index < -0.39 is 57.8 Å². The van der Waals surface area contributed by atoms with E-state index in [2.05, 4.69) is 93.7 Å². The summed E-state index contributed by atoms with van der Waals surface area (Å²) in [6.07, 6.45) is 65.6. The summed E-state index contributed by atoms with van der Waals surface area (Å²) in [5, 5.41) is 9.84. The van der Waals surface area contributed by atoms with Crippen LogP contribution in [0.1, 0.15) is 278 Å². The molecule has 3 atom stereocenters. The highest BCUT2D eigenvalue weighted by molar-refractivity contribution is 7.47. The molecular weight excluding hydrogens is 976 g/mol. The minimum Gasteiger partial charge on any atom is -0.462 e. The number of carbonyl (C=O) groups excluding carboxylic acids is 3. The molecule has 76 heavy (non-hydrogen) atoms. The Balaban J connectivity index is 4.67. The highest BCUT2D eigenvalue weighted by Gasteiger charge is 2.28. The summed E-state index contributed by atoms with van der Waals surface area (Å²) in [5.74, 6) is -1.48. The summed E-state index contributed by atoms with van der Waals surface area (Å²) >= 11 is 0. The highest BCUT2D eigenvalue weighted by Crippen LogP contribution is 2.43. The Labute approximate surface area is 465 Å². The number of rotatable bonds is 57. The third-order valence-electron chi connectivity index (χ3n) is 13.1. The zero-order valence-corrected chi connectivity index (χ0v) is 49.6. The largest absolute Gasteiger partial charge is 0.472 e. The first kappa shape index (κ1) is 72.9. The average molecular weight is 1090 g/mol. The molecule has 0 aromatic carbocycles. The zero-order chi connectivity index (χ0) is 55.5. The van der Waals surface area contributed by atoms with Crippen LogP contribution in [0.25, 0.3) is 0 Å². The molecule has 0 spiro atoms. The van der Waals surface area contributed by atoms with Crippen molar-refractivity contribution >= 4 is 25.7 Å². The topological polar surface area (TPSA) is 155 Å². The minimum absolute atomic E-state index is 0.152. The first-order valence-corrected chi connectivity index (χ1v) is 32.3. The van der Waals surface area contributed by atoms with Gasteiger partial charge in [0, 0.05) is 19.3 Å². The van der Waals surface area contributed by atoms with Crippen LogP contribution in [0, 0.1) is 0 Å². The molecule has 2 N–H and O–H groups in total. The summed E-state index contributed by atoms with van der Waals surface area (Å²) in [6.45, 7) is 4.58. The van der Waals surface area contributed by atoms with E-state index in [-0.39, 0.29) is 25.9 Å². The van der Waals surface area contributed by atoms with Crippen LogP contribution in [0.15, 0.2) is 72.9 Å². The molecule has 0 fully saturated rings. The van der Waals surface area contributed by atoms with E-state index >= 15 is 0 Å². The van der Waals surface area contributed by atoms with E-state index in [9.17, 15) is 28.9 Å². The third-order valence-corrected chi connectivity index (χ3v) is 14.1. The monoisotopic (exact) mass is 1090 g/mol. The van der Waals surface area contributed by atoms with Gasteiger partial charge in [0.2, 0.25) is 0 Å². The van der Waals surface area contributed by atoms with Crippen molar-refractivity contribution in [1.29, 1.82) is 0 Å². The molecule has 0 aliphatic heterocycles. The number of phosphoric acid groups is 1. The fourth-order valence-corrected chi connectivity index (χ4v) is 9.15. The van der Waals surface area contributed by atoms with E-state index in [1.165, 1.54) is 96.3 Å². The van der Waals surface area contributed by atoms with Gasteiger partial charge in [-0.05, 0) is 96.3 Å². The normalized spacial score (nSPS) is 13.8. The van der Waals surface area contributed by atoms with Gasteiger partial charge in [0.05, 0.1) is 19.8 Å². The number of carbonyl (C=O) groups is 3. The molecular formula is C64H113O11P. The van der Waals surface area contributed by atoms with Gasteiger partial charge in [-0.15, -0.1) is 0 Å². The van der Waals surface area contributed by atoms with Crippen molar-refractivity contribution in [3.63, 3.8) is 0 Å². The summed E-state index contributed by atoms with van der Waals surface area (Å²) in [5.41, 5.74) is 0. The predicted molar refractivity (Wildman–Crippen MR) is 316 cm³/mol. The van der Waals surface area contributed by atoms with Crippen molar-refractivity contribution in [1.82, 2.24) is 0 Å². The van der Waals surface area contributed by atoms with Gasteiger partial charge in [0.25, 0.3) is 0 Å². The summed E-state index contributed by atoms with van der Waals surface area (Å²) < 4.78 is 39.6. The maximum absolute atomic E-state index is 12.9. The average Bonchev–Trinajstić information content (AvgIpc) is 3.41. The number of ether oxygens (including phenoxy) is 3. The van der Waals surface area contributed by atoms with E-state index in [0.717, 1.165) is 122 Å². The fourth-order valence-electron chi connectivity index (χ4n) is 8.37. The Morgan fingerprint density at radius 3 is 1.01 bits per heavy atom. The number of phosphoric ester groups is 1. The molecule has 3 unspecified atom stereocenters. The van der Waals surface area contributed by atoms with E-state index in [4.69, 9.17) is 23.3 Å². The van der Waals surface area contributed by atoms with Crippen LogP contribution in [-0.2, 0) is 42.2 Å². The number of unbranched alkanes of at least 4 members (excludes halogenated alkanes) is 28. The van der Waals surface area contributed by atoms with Crippen molar-refractivity contribution in [2.75, 3.05) is 26.4 Å². The number of allylic oxidation sites excluding steroid dienone is 12. The molecule has 440 valence electrons. The Bertz CT molecular complexity index is 1550. The molecule has 0 amide bonds. The van der Waals surface area contributed by atoms with Gasteiger partial charge in [0.15, 0.2) is 6.10 Å². The molecule has 0 saturated heterocycles. The number of aliphatic hydroxyl groups is 1. The van der Waals surface area contributed by atoms with Gasteiger partial charge in [-0.2, -0.15) is 0 Å². The molecule has 0 bridgehead atoms. The number of hydrogen-bond donors (Lipinski definition) is 2. The Morgan fingerprint density at radius 2 is 0.645 bits per heavy atom. The molecule has 0 aromatic heterocycles. The maximum atomic E-state index is 12.9. The smallest absolute Gasteiger partial charge is 0.462 e. The zero-order valence-electron chi connectivity index (χ0n) is 48.7. The van der Waals surface area contributed by atoms with E-state index in [1.807, 2.05) is 0 Å². The van der Waals surface area contributed by atoms with Crippen LogP contribution < -0.4 is 0 Å². The molecule has 0 saturated carbocycles. The Kier molecular flexibility index (Phi) is 55.7. The molecule has 0 aromatic rings. The fraction of sp³-hybridized carbons (Fsp3) is 0.766. The molecule has 11 nitrogen and oxygen atoms in total. The van der Waals surface area contributed by atoms with Crippen molar-refractivity contribution < 1.29 is 52.2 Å². The third kappa shape index (κ3) is 55.7. The second kappa shape index (κ2) is 58.1. The second-order valence-corrected chi connectivity index (χ2v) is 22.0. The van der Waals surface area contributed by atoms with Gasteiger partial charge in [0.1, 0.15) is 12.7 Å². The van der Waals surface area contributed by atoms with Gasteiger partial charge in [-0.1, -0.05) is 235 Å². The Hall–Kier alpha value is -3.08. The van der Waals surface area contributed by atoms with Crippen LogP contribution >= 0.6 is 7.82 Å². The molecule has 0 radical (unpaired) electrons. The second-order valence-electron chi connectivity index (χ2n) is 20.5. The first-order valence-electron chi connectivity index (χ1n) is 30.8. The lowest BCUT2D eigenvalue weighted by Gasteiger charge is -2.21. The highest BCUT2D eigenvalue weighted by atomic mass is 31.2. The number of aliphatic hydroxyl groups excluding tert-OH is 1. The minimum atomic E-state index is -4.76. The SMILES string of the molecule is CCCCC/C=C\C/C=C\C/C=C\CCCCCCCCC(=O)OC(CO)COP(=O)(O)OCC(COC(=O)CCCCCCCCCCCCC)OC(=O)CCCCCCCC/C=C\C/C=C\C/C=C\CCCCC. The standard InChI is InChI=1S/C64H113O11P/c1-4-7-10-13-16-19-22-24-26-28-30-32-34-36-39-42-45-48-51-54-63(67)74-60(56-65)58-72-76(69,70)73-59-61(57-71-62(66)53-50-47-44-41-38-21-18-15-12-9-6-3)75-64(68)55-52-49-46-43-40-37-35-33-31-29-27-25-23-20-17-14-11-8-5-2/h16-17,19-20,24-27,30-33,60-61,65H,4-15,18,21-23,28-29,34-59H2,1-3H3,(H,69,70)/b19-16-,20-17-,26-24-,27-25-,32-30-,33-31-. The van der Waals surface area contributed by atoms with E-state index in [0.29, 0.717) is 19.3 Å². The van der Waals surface area contributed by atoms with Crippen LogP contribution in [0.4, 0.5) is 0 Å². The van der Waals surface area contributed by atoms with Crippen molar-refractivity contribution in [2.24, 2.45) is 0 Å². The molecule has 12 heteroatoms. The quantitative estimate of drug-likeness (QED) is 0.0197. The van der Waals surface area contributed by atoms with Crippen LogP contribution in [0.3, 0.4) is 0 Å². The molecule has 0 aliphatic carbocycles. The number of esters is 3. The molecule has 0 rings (SSSR count).